The van der Waals surface area contributed by atoms with Crippen LogP contribution in [-0.4, -0.2) is 60.1 Å². The maximum atomic E-state index is 13.6. The topological polar surface area (TPSA) is 45.7 Å². The zero-order chi connectivity index (χ0) is 23.3. The average molecular weight is 452 g/mol. The molecule has 2 heterocycles. The highest BCUT2D eigenvalue weighted by Gasteiger charge is 2.35. The molecule has 5 nitrogen and oxygen atoms in total. The van der Waals surface area contributed by atoms with Gasteiger partial charge in [0.2, 0.25) is 0 Å². The van der Waals surface area contributed by atoms with Crippen molar-refractivity contribution in [2.24, 2.45) is 0 Å². The number of hydrogen-bond acceptors (Lipinski definition) is 4. The molecule has 34 heavy (non-hydrogen) atoms. The fourth-order valence-electron chi connectivity index (χ4n) is 5.04. The third-order valence-corrected chi connectivity index (χ3v) is 6.64. The molecule has 1 aliphatic heterocycles. The van der Waals surface area contributed by atoms with Crippen LogP contribution >= 0.6 is 0 Å². The van der Waals surface area contributed by atoms with Gasteiger partial charge in [0.15, 0.2) is 0 Å². The van der Waals surface area contributed by atoms with E-state index in [1.165, 1.54) is 11.1 Å². The summed E-state index contributed by atoms with van der Waals surface area (Å²) in [6, 6.07) is 29.3. The van der Waals surface area contributed by atoms with Crippen LogP contribution in [0.2, 0.25) is 0 Å². The Morgan fingerprint density at radius 1 is 0.912 bits per heavy atom. The summed E-state index contributed by atoms with van der Waals surface area (Å²) < 4.78 is 5.65. The van der Waals surface area contributed by atoms with Crippen LogP contribution in [0, 0.1) is 0 Å². The smallest absolute Gasteiger partial charge is 0.256 e. The largest absolute Gasteiger partial charge is 0.383 e. The van der Waals surface area contributed by atoms with Crippen LogP contribution in [0.1, 0.15) is 27.5 Å². The van der Waals surface area contributed by atoms with Crippen LogP contribution in [-0.2, 0) is 4.74 Å². The number of nitrogens with zero attached hydrogens (tertiary/aromatic N) is 3. The Morgan fingerprint density at radius 2 is 1.56 bits per heavy atom. The molecular formula is C29H29N3O2. The van der Waals surface area contributed by atoms with E-state index in [9.17, 15) is 4.79 Å². The second-order valence-electron chi connectivity index (χ2n) is 8.73. The number of hydrogen-bond donors (Lipinski definition) is 0. The summed E-state index contributed by atoms with van der Waals surface area (Å²) in [6.07, 6.45) is 3.50. The van der Waals surface area contributed by atoms with Gasteiger partial charge >= 0.3 is 0 Å². The minimum atomic E-state index is 0.0287. The van der Waals surface area contributed by atoms with E-state index in [1.807, 2.05) is 47.5 Å². The average Bonchev–Trinajstić information content (AvgIpc) is 2.90. The molecule has 1 aliphatic rings. The van der Waals surface area contributed by atoms with Crippen LogP contribution in [0.5, 0.6) is 0 Å². The van der Waals surface area contributed by atoms with Gasteiger partial charge < -0.3 is 9.64 Å². The normalized spacial score (nSPS) is 16.8. The number of methoxy groups -OCH3 is 1. The molecule has 172 valence electrons. The van der Waals surface area contributed by atoms with Crippen molar-refractivity contribution in [2.45, 2.75) is 12.1 Å². The van der Waals surface area contributed by atoms with Gasteiger partial charge in [-0.1, -0.05) is 84.9 Å². The summed E-state index contributed by atoms with van der Waals surface area (Å²) in [4.78, 5) is 22.4. The highest BCUT2D eigenvalue weighted by atomic mass is 16.5. The Balaban J connectivity index is 1.45. The fraction of sp³-hybridized carbons (Fsp3) is 0.241. The number of pyridine rings is 1. The number of carbonyl (C=O) groups excluding carboxylic acids is 1. The summed E-state index contributed by atoms with van der Waals surface area (Å²) >= 11 is 0. The van der Waals surface area contributed by atoms with Crippen molar-refractivity contribution in [3.05, 3.63) is 114 Å². The van der Waals surface area contributed by atoms with E-state index < -0.39 is 0 Å². The van der Waals surface area contributed by atoms with Crippen LogP contribution in [0.15, 0.2) is 97.3 Å². The predicted molar refractivity (Wildman–Crippen MR) is 135 cm³/mol. The molecule has 0 unspecified atom stereocenters. The Hall–Kier alpha value is -3.54. The Bertz CT molecular complexity index is 1200. The minimum Gasteiger partial charge on any atom is -0.383 e. The second kappa shape index (κ2) is 10.2. The number of benzene rings is 3. The second-order valence-corrected chi connectivity index (χ2v) is 8.73. The quantitative estimate of drug-likeness (QED) is 0.423. The van der Waals surface area contributed by atoms with E-state index in [4.69, 9.17) is 4.74 Å². The van der Waals surface area contributed by atoms with Crippen molar-refractivity contribution >= 4 is 16.7 Å². The molecule has 5 heteroatoms. The van der Waals surface area contributed by atoms with E-state index >= 15 is 0 Å². The highest BCUT2D eigenvalue weighted by Crippen LogP contribution is 2.32. The van der Waals surface area contributed by atoms with Crippen LogP contribution < -0.4 is 0 Å². The number of carbonyl (C=O) groups is 1. The van der Waals surface area contributed by atoms with Gasteiger partial charge in [-0.25, -0.2) is 0 Å². The summed E-state index contributed by atoms with van der Waals surface area (Å²) in [5, 5.41) is 1.92. The van der Waals surface area contributed by atoms with Gasteiger partial charge in [0.1, 0.15) is 0 Å². The first-order valence-corrected chi connectivity index (χ1v) is 11.7. The van der Waals surface area contributed by atoms with Crippen LogP contribution in [0.25, 0.3) is 10.8 Å². The van der Waals surface area contributed by atoms with Gasteiger partial charge in [0, 0.05) is 44.5 Å². The predicted octanol–water partition coefficient (Wildman–Crippen LogP) is 4.80. The van der Waals surface area contributed by atoms with E-state index in [0.29, 0.717) is 25.3 Å². The van der Waals surface area contributed by atoms with Gasteiger partial charge in [-0.2, -0.15) is 0 Å². The third-order valence-electron chi connectivity index (χ3n) is 6.64. The molecule has 5 rings (SSSR count). The maximum absolute atomic E-state index is 13.6. The van der Waals surface area contributed by atoms with Gasteiger partial charge in [0.25, 0.3) is 5.91 Å². The molecule has 3 aromatic carbocycles. The molecule has 4 aromatic rings. The molecule has 0 aliphatic carbocycles. The van der Waals surface area contributed by atoms with E-state index in [0.717, 1.165) is 17.3 Å². The minimum absolute atomic E-state index is 0.0287. The zero-order valence-electron chi connectivity index (χ0n) is 19.4. The molecule has 0 saturated carbocycles. The Labute approximate surface area is 200 Å². The molecule has 0 spiro atoms. The lowest BCUT2D eigenvalue weighted by molar-refractivity contribution is 0.00975. The van der Waals surface area contributed by atoms with Crippen molar-refractivity contribution < 1.29 is 9.53 Å². The summed E-state index contributed by atoms with van der Waals surface area (Å²) in [7, 11) is 1.73. The van der Waals surface area contributed by atoms with Gasteiger partial charge in [-0.05, 0) is 16.5 Å². The van der Waals surface area contributed by atoms with Crippen molar-refractivity contribution in [3.63, 3.8) is 0 Å². The number of ether oxygens (including phenoxy) is 1. The fourth-order valence-corrected chi connectivity index (χ4v) is 5.04. The number of fused-ring (bicyclic) bond motifs is 1. The molecule has 1 amide bonds. The van der Waals surface area contributed by atoms with Crippen molar-refractivity contribution in [2.75, 3.05) is 33.4 Å². The van der Waals surface area contributed by atoms with E-state index in [-0.39, 0.29) is 18.0 Å². The molecule has 1 saturated heterocycles. The lowest BCUT2D eigenvalue weighted by Gasteiger charge is -2.45. The molecule has 0 N–H and O–H groups in total. The van der Waals surface area contributed by atoms with Gasteiger partial charge in [-0.15, -0.1) is 0 Å². The number of rotatable bonds is 6. The van der Waals surface area contributed by atoms with Gasteiger partial charge in [-0.3, -0.25) is 14.7 Å². The summed E-state index contributed by atoms with van der Waals surface area (Å²) in [5.41, 5.74) is 3.14. The molecule has 0 bridgehead atoms. The Kier molecular flexibility index (Phi) is 6.65. The highest BCUT2D eigenvalue weighted by molar-refractivity contribution is 6.06. The van der Waals surface area contributed by atoms with Crippen LogP contribution in [0.4, 0.5) is 0 Å². The summed E-state index contributed by atoms with van der Waals surface area (Å²) in [6.45, 7) is 2.56. The number of aromatic nitrogens is 1. The number of amides is 1. The first-order chi connectivity index (χ1) is 16.8. The van der Waals surface area contributed by atoms with Crippen molar-refractivity contribution in [1.29, 1.82) is 0 Å². The van der Waals surface area contributed by atoms with Gasteiger partial charge in [0.05, 0.1) is 24.3 Å². The lowest BCUT2D eigenvalue weighted by atomic mass is 9.94. The molecule has 1 fully saturated rings. The maximum Gasteiger partial charge on any atom is 0.256 e. The molecular weight excluding hydrogens is 422 g/mol. The lowest BCUT2D eigenvalue weighted by Crippen LogP contribution is -2.57. The third kappa shape index (κ3) is 4.45. The van der Waals surface area contributed by atoms with E-state index in [2.05, 4.69) is 58.4 Å². The standard InChI is InChI=1S/C29H29N3O2/c1-34-21-25-20-31(29(33)27-19-30-18-24-14-8-9-15-26(24)27)16-17-32(25)28(22-10-4-2-5-11-22)23-12-6-3-7-13-23/h2-15,18-19,25,28H,16-17,20-21H2,1H3/t25-/m0/s1. The van der Waals surface area contributed by atoms with E-state index in [1.54, 1.807) is 13.3 Å². The first kappa shape index (κ1) is 22.3. The first-order valence-electron chi connectivity index (χ1n) is 11.7. The van der Waals surface area contributed by atoms with Crippen molar-refractivity contribution in [3.8, 4) is 0 Å². The summed E-state index contributed by atoms with van der Waals surface area (Å²) in [5.74, 6) is 0.0287. The molecule has 1 aromatic heterocycles. The SMILES string of the molecule is COC[C@@H]1CN(C(=O)c2cncc3ccccc23)CCN1C(c1ccccc1)c1ccccc1. The van der Waals surface area contributed by atoms with Crippen LogP contribution in [0.3, 0.4) is 0 Å². The Morgan fingerprint density at radius 3 is 2.24 bits per heavy atom. The zero-order valence-corrected chi connectivity index (χ0v) is 19.4. The molecule has 0 radical (unpaired) electrons. The van der Waals surface area contributed by atoms with Crippen molar-refractivity contribution in [1.82, 2.24) is 14.8 Å². The number of piperazine rings is 1. The molecule has 1 atom stereocenters. The monoisotopic (exact) mass is 451 g/mol.